The third-order valence-corrected chi connectivity index (χ3v) is 3.52. The summed E-state index contributed by atoms with van der Waals surface area (Å²) in [7, 11) is 0. The van der Waals surface area contributed by atoms with Crippen molar-refractivity contribution < 1.29 is 18.3 Å². The normalized spacial score (nSPS) is 27.5. The molecule has 0 heterocycles. The molecule has 0 radical (unpaired) electrons. The minimum Gasteiger partial charge on any atom is -0.392 e. The summed E-state index contributed by atoms with van der Waals surface area (Å²) in [5.41, 5.74) is 0. The highest BCUT2D eigenvalue weighted by Gasteiger charge is 2.42. The summed E-state index contributed by atoms with van der Waals surface area (Å²) < 4.78 is 37.8. The van der Waals surface area contributed by atoms with Crippen molar-refractivity contribution in [1.82, 2.24) is 5.32 Å². The Labute approximate surface area is 107 Å². The fraction of sp³-hybridized carbons (Fsp3) is 1.00. The van der Waals surface area contributed by atoms with E-state index < -0.39 is 18.2 Å². The van der Waals surface area contributed by atoms with Crippen LogP contribution in [0.15, 0.2) is 0 Å². The average Bonchev–Trinajstić information content (AvgIpc) is 2.25. The van der Waals surface area contributed by atoms with Gasteiger partial charge >= 0.3 is 6.18 Å². The SMILES string of the molecule is CC(C)CC(O)CNC1CCCC(C(F)(F)F)C1. The van der Waals surface area contributed by atoms with Gasteiger partial charge in [0.1, 0.15) is 0 Å². The van der Waals surface area contributed by atoms with Crippen LogP contribution >= 0.6 is 0 Å². The maximum Gasteiger partial charge on any atom is 0.391 e. The second kappa shape index (κ2) is 6.75. The van der Waals surface area contributed by atoms with Crippen molar-refractivity contribution in [3.63, 3.8) is 0 Å². The van der Waals surface area contributed by atoms with Crippen LogP contribution in [0.2, 0.25) is 0 Å². The molecule has 3 atom stereocenters. The first-order valence-electron chi connectivity index (χ1n) is 6.77. The number of aliphatic hydroxyl groups excluding tert-OH is 1. The van der Waals surface area contributed by atoms with Gasteiger partial charge in [-0.15, -0.1) is 0 Å². The molecule has 0 aromatic heterocycles. The van der Waals surface area contributed by atoms with Gasteiger partial charge in [-0.2, -0.15) is 13.2 Å². The minimum atomic E-state index is -4.07. The van der Waals surface area contributed by atoms with Crippen molar-refractivity contribution in [3.8, 4) is 0 Å². The molecule has 108 valence electrons. The topological polar surface area (TPSA) is 32.3 Å². The van der Waals surface area contributed by atoms with Crippen LogP contribution in [-0.2, 0) is 0 Å². The largest absolute Gasteiger partial charge is 0.392 e. The van der Waals surface area contributed by atoms with E-state index in [1.165, 1.54) is 0 Å². The summed E-state index contributed by atoms with van der Waals surface area (Å²) in [5, 5.41) is 12.8. The third-order valence-electron chi connectivity index (χ3n) is 3.52. The average molecular weight is 267 g/mol. The summed E-state index contributed by atoms with van der Waals surface area (Å²) in [4.78, 5) is 0. The summed E-state index contributed by atoms with van der Waals surface area (Å²) in [6.07, 6.45) is -2.06. The van der Waals surface area contributed by atoms with Crippen LogP contribution in [0.5, 0.6) is 0 Å². The highest BCUT2D eigenvalue weighted by atomic mass is 19.4. The maximum absolute atomic E-state index is 12.6. The van der Waals surface area contributed by atoms with Gasteiger partial charge in [0.15, 0.2) is 0 Å². The molecule has 1 aliphatic rings. The van der Waals surface area contributed by atoms with E-state index in [0.717, 1.165) is 6.42 Å². The smallest absolute Gasteiger partial charge is 0.391 e. The molecule has 3 unspecified atom stereocenters. The van der Waals surface area contributed by atoms with Gasteiger partial charge in [0.2, 0.25) is 0 Å². The summed E-state index contributed by atoms with van der Waals surface area (Å²) >= 11 is 0. The molecule has 0 saturated heterocycles. The van der Waals surface area contributed by atoms with Crippen molar-refractivity contribution in [3.05, 3.63) is 0 Å². The Morgan fingerprint density at radius 2 is 1.94 bits per heavy atom. The van der Waals surface area contributed by atoms with Gasteiger partial charge in [-0.1, -0.05) is 20.3 Å². The summed E-state index contributed by atoms with van der Waals surface area (Å²) in [5.74, 6) is -0.776. The summed E-state index contributed by atoms with van der Waals surface area (Å²) in [6.45, 7) is 4.43. The first-order chi connectivity index (χ1) is 8.29. The molecular weight excluding hydrogens is 243 g/mol. The molecule has 0 bridgehead atoms. The van der Waals surface area contributed by atoms with Crippen LogP contribution in [0.1, 0.15) is 46.0 Å². The molecule has 0 aromatic rings. The number of hydrogen-bond acceptors (Lipinski definition) is 2. The number of hydrogen-bond donors (Lipinski definition) is 2. The minimum absolute atomic E-state index is 0.104. The Bertz CT molecular complexity index is 243. The van der Waals surface area contributed by atoms with E-state index in [-0.39, 0.29) is 18.9 Å². The standard InChI is InChI=1S/C13H24F3NO/c1-9(2)6-12(18)8-17-11-5-3-4-10(7-11)13(14,15)16/h9-12,17-18H,3-8H2,1-2H3. The Kier molecular flexibility index (Phi) is 5.92. The Balaban J connectivity index is 2.30. The van der Waals surface area contributed by atoms with Crippen LogP contribution in [0.25, 0.3) is 0 Å². The Hall–Kier alpha value is -0.290. The van der Waals surface area contributed by atoms with Gasteiger partial charge in [-0.25, -0.2) is 0 Å². The van der Waals surface area contributed by atoms with E-state index in [0.29, 0.717) is 25.3 Å². The fourth-order valence-corrected chi connectivity index (χ4v) is 2.60. The maximum atomic E-state index is 12.6. The van der Waals surface area contributed by atoms with Gasteiger partial charge < -0.3 is 10.4 Å². The molecule has 5 heteroatoms. The zero-order chi connectivity index (χ0) is 13.8. The number of halogens is 3. The zero-order valence-electron chi connectivity index (χ0n) is 11.1. The quantitative estimate of drug-likeness (QED) is 0.802. The highest BCUT2D eigenvalue weighted by Crippen LogP contribution is 2.37. The molecule has 1 saturated carbocycles. The number of rotatable bonds is 5. The molecule has 0 amide bonds. The Morgan fingerprint density at radius 1 is 1.28 bits per heavy atom. The van der Waals surface area contributed by atoms with Crippen molar-refractivity contribution in [2.45, 2.75) is 64.3 Å². The van der Waals surface area contributed by atoms with E-state index in [1.54, 1.807) is 0 Å². The predicted molar refractivity (Wildman–Crippen MR) is 65.3 cm³/mol. The van der Waals surface area contributed by atoms with Crippen molar-refractivity contribution >= 4 is 0 Å². The zero-order valence-corrected chi connectivity index (χ0v) is 11.1. The highest BCUT2D eigenvalue weighted by molar-refractivity contribution is 4.82. The van der Waals surface area contributed by atoms with E-state index in [9.17, 15) is 18.3 Å². The monoisotopic (exact) mass is 267 g/mol. The molecule has 2 nitrogen and oxygen atoms in total. The molecule has 18 heavy (non-hydrogen) atoms. The van der Waals surface area contributed by atoms with E-state index >= 15 is 0 Å². The van der Waals surface area contributed by atoms with Gasteiger partial charge in [0.25, 0.3) is 0 Å². The third kappa shape index (κ3) is 5.57. The van der Waals surface area contributed by atoms with Crippen LogP contribution in [0.3, 0.4) is 0 Å². The Morgan fingerprint density at radius 3 is 2.50 bits per heavy atom. The molecule has 0 aromatic carbocycles. The van der Waals surface area contributed by atoms with Crippen LogP contribution in [-0.4, -0.2) is 30.0 Å². The molecule has 1 aliphatic carbocycles. The fourth-order valence-electron chi connectivity index (χ4n) is 2.60. The van der Waals surface area contributed by atoms with E-state index in [4.69, 9.17) is 0 Å². The second-order valence-electron chi connectivity index (χ2n) is 5.79. The van der Waals surface area contributed by atoms with Crippen LogP contribution < -0.4 is 5.32 Å². The lowest BCUT2D eigenvalue weighted by Gasteiger charge is -2.31. The molecule has 1 fully saturated rings. The van der Waals surface area contributed by atoms with Crippen molar-refractivity contribution in [1.29, 1.82) is 0 Å². The van der Waals surface area contributed by atoms with Crippen LogP contribution in [0, 0.1) is 11.8 Å². The molecule has 0 spiro atoms. The first-order valence-corrected chi connectivity index (χ1v) is 6.77. The van der Waals surface area contributed by atoms with Gasteiger partial charge in [-0.3, -0.25) is 0 Å². The van der Waals surface area contributed by atoms with Gasteiger partial charge in [0.05, 0.1) is 12.0 Å². The number of alkyl halides is 3. The van der Waals surface area contributed by atoms with E-state index in [1.807, 2.05) is 13.8 Å². The summed E-state index contributed by atoms with van der Waals surface area (Å²) in [6, 6.07) is -0.104. The second-order valence-corrected chi connectivity index (χ2v) is 5.79. The lowest BCUT2D eigenvalue weighted by atomic mass is 9.85. The molecule has 1 rings (SSSR count). The molecule has 0 aliphatic heterocycles. The number of aliphatic hydroxyl groups is 1. The van der Waals surface area contributed by atoms with Crippen molar-refractivity contribution in [2.24, 2.45) is 11.8 Å². The lowest BCUT2D eigenvalue weighted by Crippen LogP contribution is -2.41. The van der Waals surface area contributed by atoms with Gasteiger partial charge in [0, 0.05) is 12.6 Å². The van der Waals surface area contributed by atoms with Crippen molar-refractivity contribution in [2.75, 3.05) is 6.54 Å². The first kappa shape index (κ1) is 15.8. The predicted octanol–water partition coefficient (Wildman–Crippen LogP) is 3.10. The molecule has 2 N–H and O–H groups in total. The van der Waals surface area contributed by atoms with E-state index in [2.05, 4.69) is 5.32 Å². The lowest BCUT2D eigenvalue weighted by molar-refractivity contribution is -0.183. The molecular formula is C13H24F3NO. The van der Waals surface area contributed by atoms with Gasteiger partial charge in [-0.05, 0) is 31.6 Å². The van der Waals surface area contributed by atoms with Crippen LogP contribution in [0.4, 0.5) is 13.2 Å². The number of nitrogens with one attached hydrogen (secondary N) is 1.